The number of ether oxygens (including phenoxy) is 3. The lowest BCUT2D eigenvalue weighted by atomic mass is 10.1. The van der Waals surface area contributed by atoms with Crippen LogP contribution < -0.4 is 14.2 Å². The highest BCUT2D eigenvalue weighted by molar-refractivity contribution is 7.17. The normalized spacial score (nSPS) is 14.7. The second kappa shape index (κ2) is 8.40. The fraction of sp³-hybridized carbons (Fsp3) is 0.375. The van der Waals surface area contributed by atoms with Crippen LogP contribution in [0, 0.1) is 0 Å². The van der Waals surface area contributed by atoms with Gasteiger partial charge in [0.2, 0.25) is 6.79 Å². The van der Waals surface area contributed by atoms with Crippen LogP contribution in [0.5, 0.6) is 17.2 Å². The van der Waals surface area contributed by atoms with Gasteiger partial charge >= 0.3 is 0 Å². The van der Waals surface area contributed by atoms with E-state index in [1.54, 1.807) is 18.4 Å². The van der Waals surface area contributed by atoms with Crippen LogP contribution in [0.2, 0.25) is 0 Å². The van der Waals surface area contributed by atoms with Crippen molar-refractivity contribution < 1.29 is 19.0 Å². The third-order valence-electron chi connectivity index (χ3n) is 6.07. The third-order valence-corrected chi connectivity index (χ3v) is 7.06. The molecule has 0 radical (unpaired) electrons. The molecule has 2 aliphatic heterocycles. The summed E-state index contributed by atoms with van der Waals surface area (Å²) in [5, 5.41) is 3.48. The number of carbonyl (C=O) groups is 1. The molecule has 7 heteroatoms. The zero-order valence-corrected chi connectivity index (χ0v) is 18.7. The van der Waals surface area contributed by atoms with E-state index in [0.717, 1.165) is 55.1 Å². The predicted octanol–water partition coefficient (Wildman–Crippen LogP) is 4.16. The first kappa shape index (κ1) is 20.2. The molecule has 6 nitrogen and oxygen atoms in total. The minimum atomic E-state index is 0.0905. The summed E-state index contributed by atoms with van der Waals surface area (Å²) in [4.78, 5) is 17.0. The zero-order chi connectivity index (χ0) is 21.4. The van der Waals surface area contributed by atoms with E-state index in [-0.39, 0.29) is 12.7 Å². The van der Waals surface area contributed by atoms with E-state index in [4.69, 9.17) is 14.2 Å². The Kier molecular flexibility index (Phi) is 5.46. The van der Waals surface area contributed by atoms with Crippen molar-refractivity contribution >= 4 is 27.3 Å². The largest absolute Gasteiger partial charge is 0.496 e. The molecular formula is C24H26N2O4S. The van der Waals surface area contributed by atoms with Gasteiger partial charge in [0, 0.05) is 35.3 Å². The van der Waals surface area contributed by atoms with Crippen molar-refractivity contribution in [2.24, 2.45) is 0 Å². The molecule has 0 aliphatic carbocycles. The van der Waals surface area contributed by atoms with E-state index in [9.17, 15) is 4.79 Å². The molecule has 0 fully saturated rings. The quantitative estimate of drug-likeness (QED) is 0.529. The topological polar surface area (TPSA) is 51.2 Å². The van der Waals surface area contributed by atoms with E-state index in [2.05, 4.69) is 23.4 Å². The van der Waals surface area contributed by atoms with Crippen molar-refractivity contribution in [1.29, 1.82) is 0 Å². The first-order valence-corrected chi connectivity index (χ1v) is 11.5. The number of likely N-dealkylation sites (N-methyl/N-ethyl adjacent to an activating group) is 1. The fourth-order valence-electron chi connectivity index (χ4n) is 4.37. The number of rotatable bonds is 8. The average molecular weight is 439 g/mol. The molecule has 0 spiro atoms. The van der Waals surface area contributed by atoms with Gasteiger partial charge < -0.3 is 24.0 Å². The molecule has 2 aliphatic rings. The van der Waals surface area contributed by atoms with Crippen LogP contribution in [0.1, 0.15) is 27.9 Å². The second-order valence-corrected chi connectivity index (χ2v) is 9.00. The molecule has 0 bridgehead atoms. The Balaban J connectivity index is 1.13. The maximum atomic E-state index is 12.7. The summed E-state index contributed by atoms with van der Waals surface area (Å²) in [6.07, 6.45) is 1.92. The molecule has 0 saturated heterocycles. The molecule has 0 saturated carbocycles. The molecule has 3 heterocycles. The highest BCUT2D eigenvalue weighted by Gasteiger charge is 2.30. The summed E-state index contributed by atoms with van der Waals surface area (Å²) in [6.45, 7) is 3.55. The first-order valence-electron chi connectivity index (χ1n) is 10.6. The highest BCUT2D eigenvalue weighted by Crippen LogP contribution is 2.38. The van der Waals surface area contributed by atoms with Gasteiger partial charge in [0.1, 0.15) is 5.75 Å². The molecule has 1 amide bonds. The highest BCUT2D eigenvalue weighted by atomic mass is 32.1. The van der Waals surface area contributed by atoms with Gasteiger partial charge in [-0.3, -0.25) is 4.79 Å². The average Bonchev–Trinajstić information content (AvgIpc) is 3.48. The van der Waals surface area contributed by atoms with Gasteiger partial charge in [-0.25, -0.2) is 0 Å². The van der Waals surface area contributed by atoms with Crippen molar-refractivity contribution in [3.8, 4) is 17.2 Å². The molecule has 0 unspecified atom stereocenters. The van der Waals surface area contributed by atoms with Gasteiger partial charge in [-0.15, -0.1) is 11.3 Å². The summed E-state index contributed by atoms with van der Waals surface area (Å²) in [6, 6.07) is 9.99. The Morgan fingerprint density at radius 1 is 1.19 bits per heavy atom. The van der Waals surface area contributed by atoms with E-state index in [1.165, 1.54) is 15.6 Å². The van der Waals surface area contributed by atoms with Crippen molar-refractivity contribution in [1.82, 2.24) is 9.80 Å². The van der Waals surface area contributed by atoms with Crippen LogP contribution in [0.15, 0.2) is 35.7 Å². The number of fused-ring (bicyclic) bond motifs is 3. The summed E-state index contributed by atoms with van der Waals surface area (Å²) in [5.74, 6) is 2.45. The number of methoxy groups -OCH3 is 1. The Morgan fingerprint density at radius 3 is 2.87 bits per heavy atom. The Bertz CT molecular complexity index is 1130. The monoisotopic (exact) mass is 438 g/mol. The predicted molar refractivity (Wildman–Crippen MR) is 122 cm³/mol. The molecule has 31 heavy (non-hydrogen) atoms. The molecule has 162 valence electrons. The maximum absolute atomic E-state index is 12.7. The molecule has 2 aromatic carbocycles. The number of carbonyl (C=O) groups excluding carboxylic acids is 1. The zero-order valence-electron chi connectivity index (χ0n) is 17.8. The molecule has 5 rings (SSSR count). The lowest BCUT2D eigenvalue weighted by Crippen LogP contribution is -2.29. The minimum Gasteiger partial charge on any atom is -0.496 e. The van der Waals surface area contributed by atoms with Gasteiger partial charge in [-0.2, -0.15) is 0 Å². The van der Waals surface area contributed by atoms with Gasteiger partial charge in [-0.05, 0) is 67.2 Å². The standard InChI is InChI=1S/C24H26N2O4S/c1-25(10-7-16-14-31-22-6-3-5-19(28-2)23(16)22)8-4-9-26-13-17-11-20-21(30-15-29-20)12-18(17)24(26)27/h3,5-6,11-12,14H,4,7-10,13,15H2,1-2H3. The van der Waals surface area contributed by atoms with Crippen LogP contribution in [0.3, 0.4) is 0 Å². The molecule has 3 aromatic rings. The number of hydrogen-bond acceptors (Lipinski definition) is 6. The van der Waals surface area contributed by atoms with Crippen LogP contribution in [-0.4, -0.2) is 56.3 Å². The van der Waals surface area contributed by atoms with Gasteiger partial charge in [0.15, 0.2) is 11.5 Å². The molecule has 0 N–H and O–H groups in total. The Morgan fingerprint density at radius 2 is 2.03 bits per heavy atom. The number of benzene rings is 2. The number of thiophene rings is 1. The Labute approximate surface area is 185 Å². The number of amides is 1. The van der Waals surface area contributed by atoms with E-state index in [0.29, 0.717) is 12.3 Å². The molecule has 0 atom stereocenters. The van der Waals surface area contributed by atoms with Crippen LogP contribution in [0.25, 0.3) is 10.1 Å². The van der Waals surface area contributed by atoms with Crippen molar-refractivity contribution in [2.75, 3.05) is 40.6 Å². The van der Waals surface area contributed by atoms with Crippen molar-refractivity contribution in [3.63, 3.8) is 0 Å². The van der Waals surface area contributed by atoms with E-state index in [1.807, 2.05) is 29.2 Å². The molecular weight excluding hydrogens is 412 g/mol. The van der Waals surface area contributed by atoms with Crippen LogP contribution in [0.4, 0.5) is 0 Å². The SMILES string of the molecule is COc1cccc2scc(CCN(C)CCCN3Cc4cc5c(cc4C3=O)OCO5)c12. The number of hydrogen-bond donors (Lipinski definition) is 0. The lowest BCUT2D eigenvalue weighted by Gasteiger charge is -2.20. The van der Waals surface area contributed by atoms with Gasteiger partial charge in [-0.1, -0.05) is 6.07 Å². The summed E-state index contributed by atoms with van der Waals surface area (Å²) < 4.78 is 17.7. The minimum absolute atomic E-state index is 0.0905. The van der Waals surface area contributed by atoms with Crippen molar-refractivity contribution in [2.45, 2.75) is 19.4 Å². The maximum Gasteiger partial charge on any atom is 0.254 e. The van der Waals surface area contributed by atoms with Gasteiger partial charge in [0.25, 0.3) is 5.91 Å². The summed E-state index contributed by atoms with van der Waals surface area (Å²) >= 11 is 1.77. The Hall–Kier alpha value is -2.77. The van der Waals surface area contributed by atoms with Gasteiger partial charge in [0.05, 0.1) is 7.11 Å². The molecule has 1 aromatic heterocycles. The van der Waals surface area contributed by atoms with E-state index < -0.39 is 0 Å². The lowest BCUT2D eigenvalue weighted by molar-refractivity contribution is 0.0771. The summed E-state index contributed by atoms with van der Waals surface area (Å²) in [5.41, 5.74) is 3.11. The smallest absolute Gasteiger partial charge is 0.254 e. The van der Waals surface area contributed by atoms with Crippen LogP contribution >= 0.6 is 11.3 Å². The van der Waals surface area contributed by atoms with Crippen molar-refractivity contribution in [3.05, 3.63) is 52.4 Å². The third kappa shape index (κ3) is 3.83. The second-order valence-electron chi connectivity index (χ2n) is 8.09. The first-order chi connectivity index (χ1) is 15.1. The fourth-order valence-corrected chi connectivity index (χ4v) is 5.38. The summed E-state index contributed by atoms with van der Waals surface area (Å²) in [7, 11) is 3.87. The van der Waals surface area contributed by atoms with E-state index >= 15 is 0 Å². The van der Waals surface area contributed by atoms with Crippen LogP contribution in [-0.2, 0) is 13.0 Å². The number of nitrogens with zero attached hydrogens (tertiary/aromatic N) is 2.